The topological polar surface area (TPSA) is 56.0 Å². The van der Waals surface area contributed by atoms with Crippen molar-refractivity contribution in [1.82, 2.24) is 4.98 Å². The highest BCUT2D eigenvalue weighted by atomic mass is 79.9. The molecule has 2 N–H and O–H groups in total. The van der Waals surface area contributed by atoms with Crippen molar-refractivity contribution in [3.8, 4) is 0 Å². The fraction of sp³-hybridized carbons (Fsp3) is 0. The van der Waals surface area contributed by atoms with Crippen LogP contribution < -0.4 is 5.73 Å². The number of aromatic nitrogens is 1. The summed E-state index contributed by atoms with van der Waals surface area (Å²) in [5.41, 5.74) is 6.44. The van der Waals surface area contributed by atoms with Crippen LogP contribution in [0.1, 0.15) is 10.4 Å². The van der Waals surface area contributed by atoms with Gasteiger partial charge in [0, 0.05) is 5.39 Å². The average molecular weight is 251 g/mol. The largest absolute Gasteiger partial charge is 0.366 e. The summed E-state index contributed by atoms with van der Waals surface area (Å²) in [6, 6.07) is 9.29. The first-order valence-corrected chi connectivity index (χ1v) is 4.83. The Balaban J connectivity index is 2.77. The van der Waals surface area contributed by atoms with Crippen molar-refractivity contribution in [2.24, 2.45) is 5.73 Å². The van der Waals surface area contributed by atoms with Crippen LogP contribution in [0.3, 0.4) is 0 Å². The monoisotopic (exact) mass is 250 g/mol. The van der Waals surface area contributed by atoms with Crippen LogP contribution >= 0.6 is 15.9 Å². The Kier molecular flexibility index (Phi) is 2.21. The van der Waals surface area contributed by atoms with Crippen LogP contribution in [-0.2, 0) is 0 Å². The summed E-state index contributed by atoms with van der Waals surface area (Å²) in [7, 11) is 0. The summed E-state index contributed by atoms with van der Waals surface area (Å²) in [5.74, 6) is -0.477. The van der Waals surface area contributed by atoms with Crippen molar-refractivity contribution in [3.05, 3.63) is 40.5 Å². The number of primary amides is 1. The molecule has 2 aromatic rings. The minimum absolute atomic E-state index is 0.406. The van der Waals surface area contributed by atoms with Gasteiger partial charge in [-0.15, -0.1) is 0 Å². The van der Waals surface area contributed by atoms with Gasteiger partial charge < -0.3 is 5.73 Å². The Morgan fingerprint density at radius 3 is 2.79 bits per heavy atom. The number of carbonyl (C=O) groups excluding carboxylic acids is 1. The van der Waals surface area contributed by atoms with E-state index in [4.69, 9.17) is 5.73 Å². The number of carbonyl (C=O) groups is 1. The van der Waals surface area contributed by atoms with E-state index in [0.29, 0.717) is 10.2 Å². The highest BCUT2D eigenvalue weighted by molar-refractivity contribution is 9.10. The summed E-state index contributed by atoms with van der Waals surface area (Å²) in [5, 5.41) is 0.907. The molecule has 14 heavy (non-hydrogen) atoms. The third-order valence-electron chi connectivity index (χ3n) is 1.94. The van der Waals surface area contributed by atoms with Crippen molar-refractivity contribution in [2.75, 3.05) is 0 Å². The van der Waals surface area contributed by atoms with Gasteiger partial charge in [-0.25, -0.2) is 4.98 Å². The van der Waals surface area contributed by atoms with E-state index in [1.807, 2.05) is 24.3 Å². The summed E-state index contributed by atoms with van der Waals surface area (Å²) < 4.78 is 0.490. The Morgan fingerprint density at radius 2 is 2.07 bits per heavy atom. The normalized spacial score (nSPS) is 10.4. The van der Waals surface area contributed by atoms with Gasteiger partial charge >= 0.3 is 0 Å². The summed E-state index contributed by atoms with van der Waals surface area (Å²) in [6.45, 7) is 0. The number of amides is 1. The van der Waals surface area contributed by atoms with Gasteiger partial charge in [0.25, 0.3) is 5.91 Å². The first-order chi connectivity index (χ1) is 6.68. The molecule has 4 heteroatoms. The Morgan fingerprint density at radius 1 is 1.36 bits per heavy atom. The van der Waals surface area contributed by atoms with Crippen molar-refractivity contribution >= 4 is 32.7 Å². The molecule has 0 aliphatic carbocycles. The lowest BCUT2D eigenvalue weighted by molar-refractivity contribution is 0.0999. The summed E-state index contributed by atoms with van der Waals surface area (Å²) in [4.78, 5) is 15.2. The molecule has 0 unspecified atom stereocenters. The van der Waals surface area contributed by atoms with Crippen LogP contribution in [0.5, 0.6) is 0 Å². The maximum absolute atomic E-state index is 11.0. The number of nitrogens with zero attached hydrogens (tertiary/aromatic N) is 1. The maximum Gasteiger partial charge on any atom is 0.251 e. The van der Waals surface area contributed by atoms with Gasteiger partial charge in [-0.2, -0.15) is 0 Å². The predicted octanol–water partition coefficient (Wildman–Crippen LogP) is 2.10. The van der Waals surface area contributed by atoms with E-state index < -0.39 is 5.91 Å². The lowest BCUT2D eigenvalue weighted by atomic mass is 10.1. The van der Waals surface area contributed by atoms with Crippen LogP contribution in [-0.4, -0.2) is 10.9 Å². The molecule has 2 rings (SSSR count). The quantitative estimate of drug-likeness (QED) is 0.789. The smallest absolute Gasteiger partial charge is 0.251 e. The highest BCUT2D eigenvalue weighted by Gasteiger charge is 2.08. The number of nitrogens with two attached hydrogens (primary N) is 1. The summed E-state index contributed by atoms with van der Waals surface area (Å²) >= 11 is 3.21. The van der Waals surface area contributed by atoms with Crippen molar-refractivity contribution in [2.45, 2.75) is 0 Å². The second-order valence-electron chi connectivity index (χ2n) is 2.88. The highest BCUT2D eigenvalue weighted by Crippen LogP contribution is 2.20. The van der Waals surface area contributed by atoms with Gasteiger partial charge in [0.15, 0.2) is 0 Å². The number of hydrogen-bond acceptors (Lipinski definition) is 2. The molecular weight excluding hydrogens is 244 g/mol. The number of para-hydroxylation sites is 1. The van der Waals surface area contributed by atoms with E-state index in [2.05, 4.69) is 20.9 Å². The second-order valence-corrected chi connectivity index (χ2v) is 3.63. The van der Waals surface area contributed by atoms with E-state index in [0.717, 1.165) is 10.9 Å². The van der Waals surface area contributed by atoms with E-state index in [9.17, 15) is 4.79 Å². The molecular formula is C10H7BrN2O. The minimum atomic E-state index is -0.477. The number of hydrogen-bond donors (Lipinski definition) is 1. The third kappa shape index (κ3) is 1.48. The molecule has 0 saturated heterocycles. The number of rotatable bonds is 1. The predicted molar refractivity (Wildman–Crippen MR) is 58.0 cm³/mol. The van der Waals surface area contributed by atoms with Gasteiger partial charge in [0.1, 0.15) is 4.60 Å². The second kappa shape index (κ2) is 3.38. The van der Waals surface area contributed by atoms with Gasteiger partial charge in [0.05, 0.1) is 11.1 Å². The van der Waals surface area contributed by atoms with E-state index in [1.54, 1.807) is 6.07 Å². The molecule has 0 aliphatic heterocycles. The molecule has 0 saturated carbocycles. The lowest BCUT2D eigenvalue weighted by Gasteiger charge is -2.01. The molecule has 1 aromatic carbocycles. The summed E-state index contributed by atoms with van der Waals surface area (Å²) in [6.07, 6.45) is 0. The first kappa shape index (κ1) is 9.15. The zero-order valence-corrected chi connectivity index (χ0v) is 8.78. The van der Waals surface area contributed by atoms with Crippen molar-refractivity contribution in [3.63, 3.8) is 0 Å². The Bertz CT molecular complexity index is 510. The van der Waals surface area contributed by atoms with Crippen LogP contribution in [0.15, 0.2) is 34.9 Å². The fourth-order valence-corrected chi connectivity index (χ4v) is 1.77. The number of pyridine rings is 1. The van der Waals surface area contributed by atoms with Crippen LogP contribution in [0, 0.1) is 0 Å². The molecule has 0 bridgehead atoms. The zero-order valence-electron chi connectivity index (χ0n) is 7.20. The molecule has 1 aromatic heterocycles. The van der Waals surface area contributed by atoms with Crippen molar-refractivity contribution < 1.29 is 4.79 Å². The van der Waals surface area contributed by atoms with E-state index >= 15 is 0 Å². The number of benzene rings is 1. The van der Waals surface area contributed by atoms with Gasteiger partial charge in [-0.05, 0) is 28.1 Å². The molecule has 0 radical (unpaired) electrons. The number of fused-ring (bicyclic) bond motifs is 1. The van der Waals surface area contributed by atoms with Crippen LogP contribution in [0.4, 0.5) is 0 Å². The third-order valence-corrected chi connectivity index (χ3v) is 2.55. The van der Waals surface area contributed by atoms with Gasteiger partial charge in [-0.3, -0.25) is 4.79 Å². The zero-order chi connectivity index (χ0) is 10.1. The Hall–Kier alpha value is -1.42. The first-order valence-electron chi connectivity index (χ1n) is 4.03. The Labute approximate surface area is 89.1 Å². The molecule has 3 nitrogen and oxygen atoms in total. The van der Waals surface area contributed by atoms with E-state index in [-0.39, 0.29) is 0 Å². The molecule has 0 atom stereocenters. The molecule has 1 amide bonds. The molecule has 1 heterocycles. The standard InChI is InChI=1S/C10H7BrN2O/c11-9-7(10(12)14)5-6-3-1-2-4-8(6)13-9/h1-5H,(H2,12,14). The number of halogens is 1. The molecule has 0 fully saturated rings. The van der Waals surface area contributed by atoms with Crippen LogP contribution in [0.25, 0.3) is 10.9 Å². The minimum Gasteiger partial charge on any atom is -0.366 e. The SMILES string of the molecule is NC(=O)c1cc2ccccc2nc1Br. The fourth-order valence-electron chi connectivity index (χ4n) is 1.27. The average Bonchev–Trinajstić information content (AvgIpc) is 2.16. The van der Waals surface area contributed by atoms with Crippen molar-refractivity contribution in [1.29, 1.82) is 0 Å². The molecule has 0 aliphatic rings. The van der Waals surface area contributed by atoms with Gasteiger partial charge in [0.2, 0.25) is 0 Å². The van der Waals surface area contributed by atoms with E-state index in [1.165, 1.54) is 0 Å². The van der Waals surface area contributed by atoms with Crippen LogP contribution in [0.2, 0.25) is 0 Å². The molecule has 0 spiro atoms. The van der Waals surface area contributed by atoms with Gasteiger partial charge in [-0.1, -0.05) is 18.2 Å². The lowest BCUT2D eigenvalue weighted by Crippen LogP contribution is -2.12. The maximum atomic E-state index is 11.0. The molecule has 70 valence electrons.